The molecule has 2 aliphatic heterocycles. The maximum absolute atomic E-state index is 12.6. The molecule has 2 saturated heterocycles. The standard InChI is InChI=1S/C16H21ClN2O/c17-15-6-2-1-4-12(15)10-14-5-3-9-19(14)16(20)13-7-8-18-11-13/h1-2,4,6,13-14,18H,3,5,7-11H2/t13-,14-/m1/s1. The van der Waals surface area contributed by atoms with Crippen molar-refractivity contribution in [2.75, 3.05) is 19.6 Å². The van der Waals surface area contributed by atoms with Crippen LogP contribution < -0.4 is 5.32 Å². The Hall–Kier alpha value is -1.06. The molecule has 0 aliphatic carbocycles. The smallest absolute Gasteiger partial charge is 0.227 e. The zero-order valence-corrected chi connectivity index (χ0v) is 12.4. The molecule has 3 nitrogen and oxygen atoms in total. The van der Waals surface area contributed by atoms with Gasteiger partial charge in [0, 0.05) is 24.2 Å². The molecule has 1 amide bonds. The molecule has 4 heteroatoms. The van der Waals surface area contributed by atoms with Gasteiger partial charge in [0.25, 0.3) is 0 Å². The molecule has 0 spiro atoms. The lowest BCUT2D eigenvalue weighted by molar-refractivity contribution is -0.135. The molecule has 1 aromatic carbocycles. The predicted molar refractivity (Wildman–Crippen MR) is 80.9 cm³/mol. The lowest BCUT2D eigenvalue weighted by Gasteiger charge is -2.27. The summed E-state index contributed by atoms with van der Waals surface area (Å²) >= 11 is 6.24. The van der Waals surface area contributed by atoms with Gasteiger partial charge in [0.2, 0.25) is 5.91 Å². The molecule has 0 aromatic heterocycles. The first-order valence-electron chi connectivity index (χ1n) is 7.50. The van der Waals surface area contributed by atoms with Crippen LogP contribution in [0.2, 0.25) is 5.02 Å². The third-order valence-electron chi connectivity index (χ3n) is 4.48. The van der Waals surface area contributed by atoms with Crippen molar-refractivity contribution in [1.29, 1.82) is 0 Å². The van der Waals surface area contributed by atoms with Gasteiger partial charge in [-0.15, -0.1) is 0 Å². The van der Waals surface area contributed by atoms with E-state index in [-0.39, 0.29) is 5.92 Å². The normalized spacial score (nSPS) is 26.1. The van der Waals surface area contributed by atoms with Crippen LogP contribution in [0.3, 0.4) is 0 Å². The molecule has 1 aromatic rings. The predicted octanol–water partition coefficient (Wildman–Crippen LogP) is 2.48. The van der Waals surface area contributed by atoms with Crippen molar-refractivity contribution in [2.24, 2.45) is 5.92 Å². The Kier molecular flexibility index (Phi) is 4.27. The number of likely N-dealkylation sites (tertiary alicyclic amines) is 1. The maximum Gasteiger partial charge on any atom is 0.227 e. The summed E-state index contributed by atoms with van der Waals surface area (Å²) in [5.74, 6) is 0.520. The SMILES string of the molecule is O=C([C@@H]1CCNC1)N1CCC[C@@H]1Cc1ccccc1Cl. The van der Waals surface area contributed by atoms with Crippen LogP contribution in [-0.4, -0.2) is 36.5 Å². The molecule has 108 valence electrons. The summed E-state index contributed by atoms with van der Waals surface area (Å²) in [6.07, 6.45) is 4.07. The van der Waals surface area contributed by atoms with Crippen molar-refractivity contribution in [3.8, 4) is 0 Å². The molecular weight excluding hydrogens is 272 g/mol. The van der Waals surface area contributed by atoms with Gasteiger partial charge in [-0.05, 0) is 43.9 Å². The van der Waals surface area contributed by atoms with E-state index in [2.05, 4.69) is 16.3 Å². The number of benzene rings is 1. The van der Waals surface area contributed by atoms with Crippen molar-refractivity contribution in [3.05, 3.63) is 34.9 Å². The number of hydrogen-bond donors (Lipinski definition) is 1. The van der Waals surface area contributed by atoms with Crippen molar-refractivity contribution in [1.82, 2.24) is 10.2 Å². The minimum absolute atomic E-state index is 0.182. The van der Waals surface area contributed by atoms with Gasteiger partial charge in [-0.1, -0.05) is 29.8 Å². The number of halogens is 1. The van der Waals surface area contributed by atoms with E-state index in [1.807, 2.05) is 18.2 Å². The Labute approximate surface area is 125 Å². The highest BCUT2D eigenvalue weighted by Crippen LogP contribution is 2.27. The Morgan fingerprint density at radius 2 is 2.20 bits per heavy atom. The van der Waals surface area contributed by atoms with Crippen molar-refractivity contribution in [2.45, 2.75) is 31.7 Å². The summed E-state index contributed by atoms with van der Waals surface area (Å²) in [5.41, 5.74) is 1.16. The topological polar surface area (TPSA) is 32.3 Å². The molecule has 20 heavy (non-hydrogen) atoms. The van der Waals surface area contributed by atoms with Gasteiger partial charge in [-0.2, -0.15) is 0 Å². The highest BCUT2D eigenvalue weighted by molar-refractivity contribution is 6.31. The van der Waals surface area contributed by atoms with Crippen molar-refractivity contribution in [3.63, 3.8) is 0 Å². The van der Waals surface area contributed by atoms with Crippen LogP contribution in [0, 0.1) is 5.92 Å². The second-order valence-corrected chi connectivity index (χ2v) is 6.22. The fraction of sp³-hybridized carbons (Fsp3) is 0.562. The first-order valence-corrected chi connectivity index (χ1v) is 7.88. The summed E-state index contributed by atoms with van der Waals surface area (Å²) in [6, 6.07) is 8.29. The maximum atomic E-state index is 12.6. The zero-order valence-electron chi connectivity index (χ0n) is 11.6. The van der Waals surface area contributed by atoms with Gasteiger partial charge >= 0.3 is 0 Å². The van der Waals surface area contributed by atoms with E-state index in [1.54, 1.807) is 0 Å². The van der Waals surface area contributed by atoms with E-state index in [1.165, 1.54) is 0 Å². The molecule has 1 N–H and O–H groups in total. The summed E-state index contributed by atoms with van der Waals surface area (Å²) in [6.45, 7) is 2.72. The van der Waals surface area contributed by atoms with E-state index >= 15 is 0 Å². The number of nitrogens with one attached hydrogen (secondary N) is 1. The van der Waals surface area contributed by atoms with Gasteiger partial charge in [-0.3, -0.25) is 4.79 Å². The fourth-order valence-electron chi connectivity index (χ4n) is 3.36. The second-order valence-electron chi connectivity index (χ2n) is 5.81. The van der Waals surface area contributed by atoms with E-state index in [0.717, 1.165) is 55.9 Å². The van der Waals surface area contributed by atoms with E-state index in [0.29, 0.717) is 11.9 Å². The van der Waals surface area contributed by atoms with Crippen LogP contribution >= 0.6 is 11.6 Å². The molecule has 2 atom stereocenters. The molecule has 2 fully saturated rings. The molecule has 0 bridgehead atoms. The van der Waals surface area contributed by atoms with Gasteiger partial charge in [0.1, 0.15) is 0 Å². The van der Waals surface area contributed by atoms with E-state index in [4.69, 9.17) is 11.6 Å². The number of hydrogen-bond acceptors (Lipinski definition) is 2. The molecule has 0 saturated carbocycles. The number of rotatable bonds is 3. The van der Waals surface area contributed by atoms with Crippen LogP contribution in [0.5, 0.6) is 0 Å². The number of amides is 1. The first-order chi connectivity index (χ1) is 9.75. The number of carbonyl (C=O) groups is 1. The summed E-state index contributed by atoms with van der Waals surface area (Å²) in [5, 5.41) is 4.10. The van der Waals surface area contributed by atoms with Crippen molar-refractivity contribution >= 4 is 17.5 Å². The minimum Gasteiger partial charge on any atom is -0.339 e. The monoisotopic (exact) mass is 292 g/mol. The number of carbonyl (C=O) groups excluding carboxylic acids is 1. The van der Waals surface area contributed by atoms with Crippen LogP contribution in [0.25, 0.3) is 0 Å². The van der Waals surface area contributed by atoms with Gasteiger partial charge < -0.3 is 10.2 Å². The minimum atomic E-state index is 0.182. The highest BCUT2D eigenvalue weighted by atomic mass is 35.5. The lowest BCUT2D eigenvalue weighted by atomic mass is 10.0. The van der Waals surface area contributed by atoms with Crippen LogP contribution in [0.4, 0.5) is 0 Å². The van der Waals surface area contributed by atoms with Gasteiger partial charge in [-0.25, -0.2) is 0 Å². The molecule has 2 aliphatic rings. The van der Waals surface area contributed by atoms with Crippen LogP contribution in [-0.2, 0) is 11.2 Å². The van der Waals surface area contributed by atoms with Gasteiger partial charge in [0.05, 0.1) is 5.92 Å². The lowest BCUT2D eigenvalue weighted by Crippen LogP contribution is -2.41. The third kappa shape index (κ3) is 2.84. The molecule has 2 heterocycles. The third-order valence-corrected chi connectivity index (χ3v) is 4.85. The Balaban J connectivity index is 1.69. The zero-order chi connectivity index (χ0) is 13.9. The van der Waals surface area contributed by atoms with E-state index < -0.39 is 0 Å². The number of nitrogens with zero attached hydrogens (tertiary/aromatic N) is 1. The Morgan fingerprint density at radius 3 is 2.95 bits per heavy atom. The average molecular weight is 293 g/mol. The molecular formula is C16H21ClN2O. The fourth-order valence-corrected chi connectivity index (χ4v) is 3.57. The Bertz CT molecular complexity index is 485. The van der Waals surface area contributed by atoms with E-state index in [9.17, 15) is 4.79 Å². The molecule has 0 radical (unpaired) electrons. The molecule has 3 rings (SSSR count). The summed E-state index contributed by atoms with van der Waals surface area (Å²) < 4.78 is 0. The quantitative estimate of drug-likeness (QED) is 0.928. The highest BCUT2D eigenvalue weighted by Gasteiger charge is 2.34. The second kappa shape index (κ2) is 6.15. The first kappa shape index (κ1) is 13.9. The van der Waals surface area contributed by atoms with Crippen LogP contribution in [0.15, 0.2) is 24.3 Å². The molecule has 0 unspecified atom stereocenters. The van der Waals surface area contributed by atoms with Gasteiger partial charge in [0.15, 0.2) is 0 Å². The van der Waals surface area contributed by atoms with Crippen LogP contribution in [0.1, 0.15) is 24.8 Å². The average Bonchev–Trinajstić information content (AvgIpc) is 3.11. The summed E-state index contributed by atoms with van der Waals surface area (Å²) in [4.78, 5) is 14.7. The van der Waals surface area contributed by atoms with Crippen molar-refractivity contribution < 1.29 is 4.79 Å². The largest absolute Gasteiger partial charge is 0.339 e. The summed E-state index contributed by atoms with van der Waals surface area (Å²) in [7, 11) is 0. The Morgan fingerprint density at radius 1 is 1.35 bits per heavy atom.